The molecule has 5 nitrogen and oxygen atoms in total. The third-order valence-corrected chi connectivity index (χ3v) is 4.12. The summed E-state index contributed by atoms with van der Waals surface area (Å²) in [6.07, 6.45) is 0.907. The molecule has 0 fully saturated rings. The van der Waals surface area contributed by atoms with Gasteiger partial charge in [0, 0.05) is 22.3 Å². The van der Waals surface area contributed by atoms with Gasteiger partial charge in [-0.05, 0) is 68.0 Å². The number of benzene rings is 2. The Morgan fingerprint density at radius 1 is 1.15 bits per heavy atom. The largest absolute Gasteiger partial charge is 0.494 e. The lowest BCUT2D eigenvalue weighted by Crippen LogP contribution is -2.34. The van der Waals surface area contributed by atoms with Gasteiger partial charge in [-0.3, -0.25) is 15.1 Å². The molecule has 2 aromatic carbocycles. The molecule has 0 aliphatic heterocycles. The number of ether oxygens (including phenoxy) is 1. The van der Waals surface area contributed by atoms with Crippen LogP contribution in [0, 0.1) is 6.92 Å². The average Bonchev–Trinajstić information content (AvgIpc) is 2.66. The van der Waals surface area contributed by atoms with E-state index in [1.807, 2.05) is 50.2 Å². The molecule has 0 saturated carbocycles. The maximum absolute atomic E-state index is 12.5. The van der Waals surface area contributed by atoms with Gasteiger partial charge in [0.25, 0.3) is 5.91 Å². The van der Waals surface area contributed by atoms with Gasteiger partial charge in [-0.2, -0.15) is 0 Å². The predicted molar refractivity (Wildman–Crippen MR) is 112 cm³/mol. The molecule has 0 atom stereocenters. The number of rotatable bonds is 5. The molecule has 0 spiro atoms. The second-order valence-electron chi connectivity index (χ2n) is 6.11. The third kappa shape index (κ3) is 4.80. The Balaban J connectivity index is 1.70. The highest BCUT2D eigenvalue weighted by molar-refractivity contribution is 7.80. The minimum Gasteiger partial charge on any atom is -0.494 e. The zero-order chi connectivity index (χ0) is 19.2. The number of amides is 1. The van der Waals surface area contributed by atoms with Gasteiger partial charge in [0.05, 0.1) is 12.1 Å². The summed E-state index contributed by atoms with van der Waals surface area (Å²) in [5.74, 6) is 0.377. The lowest BCUT2D eigenvalue weighted by atomic mass is 10.1. The van der Waals surface area contributed by atoms with Crippen LogP contribution in [0.15, 0.2) is 54.6 Å². The van der Waals surface area contributed by atoms with Crippen LogP contribution in [0.2, 0.25) is 0 Å². The molecule has 0 radical (unpaired) electrons. The lowest BCUT2D eigenvalue weighted by Gasteiger charge is -2.12. The fourth-order valence-corrected chi connectivity index (χ4v) is 2.84. The average molecular weight is 379 g/mol. The van der Waals surface area contributed by atoms with E-state index < -0.39 is 0 Å². The molecule has 27 heavy (non-hydrogen) atoms. The Bertz CT molecular complexity index is 988. The number of carbonyl (C=O) groups is 1. The molecule has 1 heterocycles. The fraction of sp³-hybridized carbons (Fsp3) is 0.190. The van der Waals surface area contributed by atoms with E-state index in [1.54, 1.807) is 18.2 Å². The zero-order valence-corrected chi connectivity index (χ0v) is 16.1. The van der Waals surface area contributed by atoms with E-state index in [0.29, 0.717) is 17.9 Å². The number of aromatic nitrogens is 1. The molecule has 3 aromatic rings. The molecular formula is C21H21N3O2S. The summed E-state index contributed by atoms with van der Waals surface area (Å²) in [5, 5.41) is 6.96. The van der Waals surface area contributed by atoms with E-state index in [2.05, 4.69) is 15.6 Å². The third-order valence-electron chi connectivity index (χ3n) is 3.92. The van der Waals surface area contributed by atoms with Gasteiger partial charge in [0.2, 0.25) is 0 Å². The van der Waals surface area contributed by atoms with E-state index >= 15 is 0 Å². The predicted octanol–water partition coefficient (Wildman–Crippen LogP) is 4.46. The zero-order valence-electron chi connectivity index (χ0n) is 15.3. The molecule has 0 aliphatic carbocycles. The molecule has 6 heteroatoms. The van der Waals surface area contributed by atoms with Crippen molar-refractivity contribution in [1.29, 1.82) is 0 Å². The summed E-state index contributed by atoms with van der Waals surface area (Å²) in [6, 6.07) is 16.7. The number of nitrogens with zero attached hydrogens (tertiary/aromatic N) is 1. The van der Waals surface area contributed by atoms with E-state index in [9.17, 15) is 4.79 Å². The molecule has 0 unspecified atom stereocenters. The number of aryl methyl sites for hydroxylation is 1. The number of hydrogen-bond donors (Lipinski definition) is 2. The summed E-state index contributed by atoms with van der Waals surface area (Å²) in [5.41, 5.74) is 3.10. The van der Waals surface area contributed by atoms with Gasteiger partial charge in [0.1, 0.15) is 5.75 Å². The van der Waals surface area contributed by atoms with Crippen LogP contribution in [-0.2, 0) is 0 Å². The van der Waals surface area contributed by atoms with Gasteiger partial charge in [0.15, 0.2) is 5.11 Å². The van der Waals surface area contributed by atoms with Gasteiger partial charge in [-0.1, -0.05) is 19.1 Å². The molecule has 1 amide bonds. The Hall–Kier alpha value is -2.99. The number of hydrogen-bond acceptors (Lipinski definition) is 4. The van der Waals surface area contributed by atoms with Crippen molar-refractivity contribution in [3.63, 3.8) is 0 Å². The van der Waals surface area contributed by atoms with Crippen molar-refractivity contribution in [2.75, 3.05) is 11.9 Å². The Labute approximate surface area is 163 Å². The normalized spacial score (nSPS) is 10.4. The number of fused-ring (bicyclic) bond motifs is 1. The van der Waals surface area contributed by atoms with E-state index in [1.165, 1.54) is 0 Å². The summed E-state index contributed by atoms with van der Waals surface area (Å²) >= 11 is 5.31. The fourth-order valence-electron chi connectivity index (χ4n) is 2.64. The number of carbonyl (C=O) groups excluding carboxylic acids is 1. The van der Waals surface area contributed by atoms with Crippen molar-refractivity contribution in [2.24, 2.45) is 0 Å². The highest BCUT2D eigenvalue weighted by Crippen LogP contribution is 2.22. The van der Waals surface area contributed by atoms with Crippen LogP contribution >= 0.6 is 12.2 Å². The summed E-state index contributed by atoms with van der Waals surface area (Å²) in [7, 11) is 0. The van der Waals surface area contributed by atoms with Gasteiger partial charge < -0.3 is 10.1 Å². The van der Waals surface area contributed by atoms with Crippen molar-refractivity contribution in [3.05, 3.63) is 65.9 Å². The van der Waals surface area contributed by atoms with Crippen LogP contribution < -0.4 is 15.4 Å². The van der Waals surface area contributed by atoms with Crippen LogP contribution in [0.3, 0.4) is 0 Å². The Kier molecular flexibility index (Phi) is 5.98. The van der Waals surface area contributed by atoms with E-state index in [-0.39, 0.29) is 11.0 Å². The summed E-state index contributed by atoms with van der Waals surface area (Å²) in [6.45, 7) is 4.59. The minimum atomic E-state index is -0.288. The maximum Gasteiger partial charge on any atom is 0.257 e. The molecule has 2 N–H and O–H groups in total. The molecule has 3 rings (SSSR count). The SMILES string of the molecule is CCCOc1cccc(C(=O)NC(=S)Nc2cccc3nc(C)ccc23)c1. The van der Waals surface area contributed by atoms with E-state index in [0.717, 1.165) is 28.7 Å². The van der Waals surface area contributed by atoms with Crippen molar-refractivity contribution in [2.45, 2.75) is 20.3 Å². The lowest BCUT2D eigenvalue weighted by molar-refractivity contribution is 0.0977. The van der Waals surface area contributed by atoms with Crippen LogP contribution in [0.1, 0.15) is 29.4 Å². The Morgan fingerprint density at radius 2 is 1.96 bits per heavy atom. The summed E-state index contributed by atoms with van der Waals surface area (Å²) < 4.78 is 5.57. The number of anilines is 1. The minimum absolute atomic E-state index is 0.230. The molecule has 0 aliphatic rings. The van der Waals surface area contributed by atoms with Crippen molar-refractivity contribution >= 4 is 39.8 Å². The molecule has 138 valence electrons. The quantitative estimate of drug-likeness (QED) is 0.641. The first kappa shape index (κ1) is 18.8. The first-order valence-corrected chi connectivity index (χ1v) is 9.19. The van der Waals surface area contributed by atoms with Crippen molar-refractivity contribution in [1.82, 2.24) is 10.3 Å². The van der Waals surface area contributed by atoms with Gasteiger partial charge in [-0.15, -0.1) is 0 Å². The summed E-state index contributed by atoms with van der Waals surface area (Å²) in [4.78, 5) is 17.0. The molecule has 0 bridgehead atoms. The number of pyridine rings is 1. The smallest absolute Gasteiger partial charge is 0.257 e. The highest BCUT2D eigenvalue weighted by Gasteiger charge is 2.10. The first-order valence-electron chi connectivity index (χ1n) is 8.78. The van der Waals surface area contributed by atoms with Crippen LogP contribution in [0.4, 0.5) is 5.69 Å². The topological polar surface area (TPSA) is 63.2 Å². The number of nitrogens with one attached hydrogen (secondary N) is 2. The molecule has 1 aromatic heterocycles. The second-order valence-corrected chi connectivity index (χ2v) is 6.52. The monoisotopic (exact) mass is 379 g/mol. The van der Waals surface area contributed by atoms with Crippen LogP contribution in [0.25, 0.3) is 10.9 Å². The molecular weight excluding hydrogens is 358 g/mol. The van der Waals surface area contributed by atoms with Crippen LogP contribution in [0.5, 0.6) is 5.75 Å². The number of thiocarbonyl (C=S) groups is 1. The Morgan fingerprint density at radius 3 is 2.78 bits per heavy atom. The van der Waals surface area contributed by atoms with Crippen molar-refractivity contribution < 1.29 is 9.53 Å². The van der Waals surface area contributed by atoms with Gasteiger partial charge in [-0.25, -0.2) is 0 Å². The standard InChI is InChI=1S/C21H21N3O2S/c1-3-12-26-16-7-4-6-15(13-16)20(25)24-21(27)23-19-9-5-8-18-17(19)11-10-14(2)22-18/h4-11,13H,3,12H2,1-2H3,(H2,23,24,25,27). The maximum atomic E-state index is 12.5. The first-order chi connectivity index (χ1) is 13.1. The van der Waals surface area contributed by atoms with Crippen molar-refractivity contribution in [3.8, 4) is 5.75 Å². The highest BCUT2D eigenvalue weighted by atomic mass is 32.1. The van der Waals surface area contributed by atoms with E-state index in [4.69, 9.17) is 17.0 Å². The second kappa shape index (κ2) is 8.60. The van der Waals surface area contributed by atoms with Gasteiger partial charge >= 0.3 is 0 Å². The van der Waals surface area contributed by atoms with Crippen LogP contribution in [-0.4, -0.2) is 22.6 Å². The molecule has 0 saturated heterocycles.